The first kappa shape index (κ1) is 20.9. The van der Waals surface area contributed by atoms with Crippen molar-refractivity contribution in [3.8, 4) is 11.1 Å². The van der Waals surface area contributed by atoms with Crippen LogP contribution in [0, 0.1) is 0 Å². The van der Waals surface area contributed by atoms with E-state index in [2.05, 4.69) is 95.6 Å². The number of nitrogens with zero attached hydrogens (tertiary/aromatic N) is 2. The Kier molecular flexibility index (Phi) is 7.01. The van der Waals surface area contributed by atoms with Gasteiger partial charge in [-0.15, -0.1) is 0 Å². The second-order valence-electron chi connectivity index (χ2n) is 7.95. The first-order chi connectivity index (χ1) is 14.7. The van der Waals surface area contributed by atoms with Crippen molar-refractivity contribution in [2.24, 2.45) is 0 Å². The van der Waals surface area contributed by atoms with Gasteiger partial charge in [0.25, 0.3) is 0 Å². The minimum Gasteiger partial charge on any atom is -0.297 e. The van der Waals surface area contributed by atoms with Crippen molar-refractivity contribution in [2.75, 3.05) is 32.7 Å². The lowest BCUT2D eigenvalue weighted by Crippen LogP contribution is -2.47. The summed E-state index contributed by atoms with van der Waals surface area (Å²) in [4.78, 5) is 5.13. The van der Waals surface area contributed by atoms with Gasteiger partial charge in [-0.3, -0.25) is 9.80 Å². The monoisotopic (exact) mass is 416 g/mol. The average molecular weight is 417 g/mol. The van der Waals surface area contributed by atoms with Gasteiger partial charge in [0, 0.05) is 43.8 Å². The molecule has 2 nitrogen and oxygen atoms in total. The molecule has 1 fully saturated rings. The molecule has 154 valence electrons. The Balaban J connectivity index is 1.29. The fraction of sp³-hybridized carbons (Fsp3) is 0.259. The molecule has 0 amide bonds. The minimum atomic E-state index is 0.436. The van der Waals surface area contributed by atoms with E-state index in [1.807, 2.05) is 12.1 Å². The summed E-state index contributed by atoms with van der Waals surface area (Å²) < 4.78 is 0. The maximum absolute atomic E-state index is 6.01. The number of rotatable bonds is 6. The summed E-state index contributed by atoms with van der Waals surface area (Å²) in [5.41, 5.74) is 5.09. The zero-order chi connectivity index (χ0) is 20.8. The Bertz CT molecular complexity index is 940. The second-order valence-corrected chi connectivity index (χ2v) is 8.39. The molecule has 3 aromatic rings. The molecule has 3 aromatic carbocycles. The molecule has 1 aliphatic heterocycles. The number of halogens is 1. The first-order valence-electron chi connectivity index (χ1n) is 10.7. The quantitative estimate of drug-likeness (QED) is 0.458. The molecule has 4 rings (SSSR count). The van der Waals surface area contributed by atoms with Crippen molar-refractivity contribution in [2.45, 2.75) is 13.0 Å². The van der Waals surface area contributed by atoms with Gasteiger partial charge in [-0.25, -0.2) is 0 Å². The van der Waals surface area contributed by atoms with E-state index in [1.54, 1.807) is 0 Å². The van der Waals surface area contributed by atoms with Crippen LogP contribution in [-0.4, -0.2) is 42.5 Å². The van der Waals surface area contributed by atoms with E-state index in [0.717, 1.165) is 37.7 Å². The third-order valence-electron chi connectivity index (χ3n) is 6.00. The molecular weight excluding hydrogens is 388 g/mol. The van der Waals surface area contributed by atoms with Crippen LogP contribution >= 0.6 is 11.6 Å². The molecule has 1 unspecified atom stereocenters. The van der Waals surface area contributed by atoms with Gasteiger partial charge in [-0.05, 0) is 41.3 Å². The van der Waals surface area contributed by atoms with Crippen molar-refractivity contribution in [1.29, 1.82) is 0 Å². The molecule has 0 spiro atoms. The van der Waals surface area contributed by atoms with Crippen LogP contribution in [0.2, 0.25) is 5.02 Å². The van der Waals surface area contributed by atoms with Crippen LogP contribution in [0.4, 0.5) is 0 Å². The summed E-state index contributed by atoms with van der Waals surface area (Å²) in [6, 6.07) is 28.0. The van der Waals surface area contributed by atoms with Crippen molar-refractivity contribution in [1.82, 2.24) is 9.80 Å². The van der Waals surface area contributed by atoms with Gasteiger partial charge in [0.1, 0.15) is 0 Å². The number of hydrogen-bond donors (Lipinski definition) is 0. The second kappa shape index (κ2) is 10.1. The molecule has 0 bridgehead atoms. The van der Waals surface area contributed by atoms with Gasteiger partial charge < -0.3 is 0 Å². The molecular formula is C27H29ClN2. The maximum atomic E-state index is 6.01. The summed E-state index contributed by atoms with van der Waals surface area (Å²) >= 11 is 6.01. The van der Waals surface area contributed by atoms with Gasteiger partial charge in [0.15, 0.2) is 0 Å². The fourth-order valence-corrected chi connectivity index (χ4v) is 4.17. The predicted octanol–water partition coefficient (Wildman–Crippen LogP) is 6.40. The van der Waals surface area contributed by atoms with Crippen LogP contribution in [0.25, 0.3) is 17.2 Å². The third kappa shape index (κ3) is 5.40. The van der Waals surface area contributed by atoms with Crippen molar-refractivity contribution < 1.29 is 0 Å². The molecule has 1 saturated heterocycles. The van der Waals surface area contributed by atoms with E-state index in [9.17, 15) is 0 Å². The van der Waals surface area contributed by atoms with E-state index in [-0.39, 0.29) is 0 Å². The topological polar surface area (TPSA) is 6.48 Å². The lowest BCUT2D eigenvalue weighted by Gasteiger charge is -2.38. The van der Waals surface area contributed by atoms with Crippen molar-refractivity contribution in [3.05, 3.63) is 101 Å². The van der Waals surface area contributed by atoms with Crippen LogP contribution < -0.4 is 0 Å². The molecule has 30 heavy (non-hydrogen) atoms. The van der Waals surface area contributed by atoms with E-state index in [1.165, 1.54) is 22.3 Å². The SMILES string of the molecule is CC(c1ccc(-c2ccc(Cl)cc2)cc1)N1CCN(C/C=C/c2ccccc2)CC1. The van der Waals surface area contributed by atoms with Crippen LogP contribution in [0.1, 0.15) is 24.1 Å². The average Bonchev–Trinajstić information content (AvgIpc) is 2.80. The Morgan fingerprint density at radius 1 is 0.800 bits per heavy atom. The van der Waals surface area contributed by atoms with E-state index in [4.69, 9.17) is 11.6 Å². The summed E-state index contributed by atoms with van der Waals surface area (Å²) in [7, 11) is 0. The fourth-order valence-electron chi connectivity index (χ4n) is 4.04. The van der Waals surface area contributed by atoms with Crippen LogP contribution in [-0.2, 0) is 0 Å². The molecule has 0 aromatic heterocycles. The van der Waals surface area contributed by atoms with Crippen LogP contribution in [0.15, 0.2) is 84.9 Å². The normalized spacial score (nSPS) is 16.7. The Hall–Kier alpha value is -2.39. The van der Waals surface area contributed by atoms with E-state index < -0.39 is 0 Å². The van der Waals surface area contributed by atoms with Gasteiger partial charge in [-0.1, -0.05) is 90.5 Å². The smallest absolute Gasteiger partial charge is 0.0406 e. The van der Waals surface area contributed by atoms with Gasteiger partial charge in [0.05, 0.1) is 0 Å². The lowest BCUT2D eigenvalue weighted by molar-refractivity contribution is 0.110. The molecule has 0 aliphatic carbocycles. The number of benzene rings is 3. The Morgan fingerprint density at radius 3 is 2.03 bits per heavy atom. The van der Waals surface area contributed by atoms with Gasteiger partial charge in [0.2, 0.25) is 0 Å². The molecule has 0 N–H and O–H groups in total. The highest BCUT2D eigenvalue weighted by Crippen LogP contribution is 2.26. The minimum absolute atomic E-state index is 0.436. The molecule has 0 radical (unpaired) electrons. The summed E-state index contributed by atoms with van der Waals surface area (Å²) in [6.45, 7) is 7.80. The molecule has 1 aliphatic rings. The Morgan fingerprint density at radius 2 is 1.40 bits per heavy atom. The Labute approximate surface area is 185 Å². The van der Waals surface area contributed by atoms with Crippen molar-refractivity contribution in [3.63, 3.8) is 0 Å². The lowest BCUT2D eigenvalue weighted by atomic mass is 10.0. The predicted molar refractivity (Wildman–Crippen MR) is 129 cm³/mol. The van der Waals surface area contributed by atoms with Gasteiger partial charge in [-0.2, -0.15) is 0 Å². The van der Waals surface area contributed by atoms with Crippen LogP contribution in [0.5, 0.6) is 0 Å². The highest BCUT2D eigenvalue weighted by atomic mass is 35.5. The van der Waals surface area contributed by atoms with Gasteiger partial charge >= 0.3 is 0 Å². The van der Waals surface area contributed by atoms with E-state index >= 15 is 0 Å². The van der Waals surface area contributed by atoms with E-state index in [0.29, 0.717) is 6.04 Å². The highest BCUT2D eigenvalue weighted by molar-refractivity contribution is 6.30. The summed E-state index contributed by atoms with van der Waals surface area (Å²) in [5.74, 6) is 0. The summed E-state index contributed by atoms with van der Waals surface area (Å²) in [5, 5.41) is 0.777. The zero-order valence-electron chi connectivity index (χ0n) is 17.5. The maximum Gasteiger partial charge on any atom is 0.0406 e. The molecule has 1 atom stereocenters. The number of hydrogen-bond acceptors (Lipinski definition) is 2. The number of piperazine rings is 1. The summed E-state index contributed by atoms with van der Waals surface area (Å²) in [6.07, 6.45) is 4.50. The molecule has 1 heterocycles. The van der Waals surface area contributed by atoms with Crippen LogP contribution in [0.3, 0.4) is 0 Å². The van der Waals surface area contributed by atoms with Crippen molar-refractivity contribution >= 4 is 17.7 Å². The standard InChI is InChI=1S/C27H29ClN2/c1-22(24-9-11-25(12-10-24)26-13-15-27(28)16-14-26)30-20-18-29(19-21-30)17-5-8-23-6-3-2-4-7-23/h2-16,22H,17-21H2,1H3/b8-5+. The highest BCUT2D eigenvalue weighted by Gasteiger charge is 2.21. The first-order valence-corrected chi connectivity index (χ1v) is 11.1. The third-order valence-corrected chi connectivity index (χ3v) is 6.25. The zero-order valence-corrected chi connectivity index (χ0v) is 18.3. The largest absolute Gasteiger partial charge is 0.297 e. The molecule has 0 saturated carbocycles. The molecule has 3 heteroatoms.